The van der Waals surface area contributed by atoms with Gasteiger partial charge in [0, 0.05) is 32.4 Å². The number of amides is 2. The van der Waals surface area contributed by atoms with Crippen molar-refractivity contribution in [2.24, 2.45) is 0 Å². The summed E-state index contributed by atoms with van der Waals surface area (Å²) in [6, 6.07) is 6.28. The second-order valence-electron chi connectivity index (χ2n) is 6.09. The Hall–Kier alpha value is -2.33. The number of benzene rings is 1. The number of carbonyl (C=O) groups excluding carboxylic acids is 1. The van der Waals surface area contributed by atoms with E-state index in [-0.39, 0.29) is 30.5 Å². The van der Waals surface area contributed by atoms with Crippen LogP contribution in [0.5, 0.6) is 0 Å². The average Bonchev–Trinajstić information content (AvgIpc) is 2.51. The maximum atomic E-state index is 14.5. The minimum Gasteiger partial charge on any atom is -0.372 e. The smallest absolute Gasteiger partial charge is 0.321 e. The monoisotopic (exact) mass is 334 g/mol. The zero-order chi connectivity index (χ0) is 17.7. The van der Waals surface area contributed by atoms with Crippen molar-refractivity contribution in [1.29, 1.82) is 5.26 Å². The number of nitrogens with one attached hydrogen (secondary N) is 1. The predicted octanol–water partition coefficient (Wildman–Crippen LogP) is 2.82. The fraction of sp³-hybridized carbons (Fsp3) is 0.529. The number of nitriles is 1. The SMILES string of the molecule is C[C@@H]1CN(c2ccc(NC(=O)N(C)CCC#N)cc2F)C[C@H](C)O1. The Balaban J connectivity index is 2.04. The van der Waals surface area contributed by atoms with Crippen LogP contribution in [0.2, 0.25) is 0 Å². The summed E-state index contributed by atoms with van der Waals surface area (Å²) in [4.78, 5) is 15.3. The Morgan fingerprint density at radius 1 is 1.46 bits per heavy atom. The Kier molecular flexibility index (Phi) is 5.99. The number of carbonyl (C=O) groups is 1. The minimum absolute atomic E-state index is 0.0429. The number of hydrogen-bond donors (Lipinski definition) is 1. The Bertz CT molecular complexity index is 622. The average molecular weight is 334 g/mol. The predicted molar refractivity (Wildman–Crippen MR) is 90.5 cm³/mol. The molecule has 1 aliphatic heterocycles. The minimum atomic E-state index is -0.381. The van der Waals surface area contributed by atoms with Crippen molar-refractivity contribution in [1.82, 2.24) is 4.90 Å². The normalized spacial score (nSPS) is 20.4. The van der Waals surface area contributed by atoms with Crippen LogP contribution in [0.15, 0.2) is 18.2 Å². The van der Waals surface area contributed by atoms with Crippen molar-refractivity contribution >= 4 is 17.4 Å². The second-order valence-corrected chi connectivity index (χ2v) is 6.09. The first-order valence-electron chi connectivity index (χ1n) is 7.99. The van der Waals surface area contributed by atoms with Gasteiger partial charge in [-0.25, -0.2) is 9.18 Å². The molecule has 2 amide bonds. The molecule has 1 fully saturated rings. The summed E-state index contributed by atoms with van der Waals surface area (Å²) >= 11 is 0. The number of nitrogens with zero attached hydrogens (tertiary/aromatic N) is 3. The van der Waals surface area contributed by atoms with Crippen molar-refractivity contribution in [3.05, 3.63) is 24.0 Å². The van der Waals surface area contributed by atoms with E-state index in [2.05, 4.69) is 5.32 Å². The van der Waals surface area contributed by atoms with Gasteiger partial charge in [0.2, 0.25) is 0 Å². The van der Waals surface area contributed by atoms with E-state index in [0.717, 1.165) is 0 Å². The van der Waals surface area contributed by atoms with Crippen molar-refractivity contribution in [2.45, 2.75) is 32.5 Å². The molecule has 2 rings (SSSR count). The van der Waals surface area contributed by atoms with E-state index in [1.165, 1.54) is 11.0 Å². The molecule has 6 nitrogen and oxygen atoms in total. The molecule has 1 aliphatic rings. The van der Waals surface area contributed by atoms with Crippen LogP contribution in [-0.2, 0) is 4.74 Å². The summed E-state index contributed by atoms with van der Waals surface area (Å²) < 4.78 is 20.1. The first kappa shape index (κ1) is 18.0. The van der Waals surface area contributed by atoms with Crippen LogP contribution in [0.25, 0.3) is 0 Å². The van der Waals surface area contributed by atoms with E-state index in [1.54, 1.807) is 19.2 Å². The number of anilines is 2. The van der Waals surface area contributed by atoms with Crippen LogP contribution in [0.1, 0.15) is 20.3 Å². The quantitative estimate of drug-likeness (QED) is 0.919. The highest BCUT2D eigenvalue weighted by molar-refractivity contribution is 5.89. The summed E-state index contributed by atoms with van der Waals surface area (Å²) in [6.45, 7) is 5.51. The number of rotatable bonds is 4. The molecule has 1 saturated heterocycles. The molecule has 0 bridgehead atoms. The van der Waals surface area contributed by atoms with E-state index in [0.29, 0.717) is 31.0 Å². The van der Waals surface area contributed by atoms with Gasteiger partial charge in [-0.15, -0.1) is 0 Å². The van der Waals surface area contributed by atoms with Crippen LogP contribution in [-0.4, -0.2) is 49.8 Å². The number of urea groups is 1. The molecule has 1 heterocycles. The zero-order valence-electron chi connectivity index (χ0n) is 14.3. The molecule has 0 aromatic heterocycles. The van der Waals surface area contributed by atoms with Crippen LogP contribution in [0.4, 0.5) is 20.6 Å². The molecule has 130 valence electrons. The summed E-state index contributed by atoms with van der Waals surface area (Å²) in [5.74, 6) is -0.381. The molecule has 0 aliphatic carbocycles. The third-order valence-corrected chi connectivity index (χ3v) is 3.86. The van der Waals surface area contributed by atoms with Gasteiger partial charge in [-0.05, 0) is 32.0 Å². The van der Waals surface area contributed by atoms with Crippen LogP contribution < -0.4 is 10.2 Å². The van der Waals surface area contributed by atoms with E-state index in [4.69, 9.17) is 10.00 Å². The number of hydrogen-bond acceptors (Lipinski definition) is 4. The van der Waals surface area contributed by atoms with Gasteiger partial charge in [-0.1, -0.05) is 0 Å². The highest BCUT2D eigenvalue weighted by Crippen LogP contribution is 2.26. The molecule has 0 saturated carbocycles. The summed E-state index contributed by atoms with van der Waals surface area (Å²) in [5.41, 5.74) is 0.896. The number of morpholine rings is 1. The molecule has 2 atom stereocenters. The Morgan fingerprint density at radius 3 is 2.71 bits per heavy atom. The molecule has 0 spiro atoms. The van der Waals surface area contributed by atoms with Crippen molar-refractivity contribution in [2.75, 3.05) is 36.9 Å². The lowest BCUT2D eigenvalue weighted by molar-refractivity contribution is -0.00539. The lowest BCUT2D eigenvalue weighted by Crippen LogP contribution is -2.45. The molecule has 1 N–H and O–H groups in total. The largest absolute Gasteiger partial charge is 0.372 e. The lowest BCUT2D eigenvalue weighted by Gasteiger charge is -2.37. The number of halogens is 1. The maximum Gasteiger partial charge on any atom is 0.321 e. The third kappa shape index (κ3) is 4.59. The van der Waals surface area contributed by atoms with Crippen LogP contribution in [0, 0.1) is 17.1 Å². The van der Waals surface area contributed by atoms with Gasteiger partial charge in [0.25, 0.3) is 0 Å². The highest BCUT2D eigenvalue weighted by atomic mass is 19.1. The lowest BCUT2D eigenvalue weighted by atomic mass is 10.2. The van der Waals surface area contributed by atoms with E-state index >= 15 is 0 Å². The topological polar surface area (TPSA) is 68.6 Å². The molecule has 7 heteroatoms. The number of ether oxygens (including phenoxy) is 1. The van der Waals surface area contributed by atoms with Gasteiger partial charge in [-0.2, -0.15) is 5.26 Å². The molecule has 1 aromatic carbocycles. The third-order valence-electron chi connectivity index (χ3n) is 3.86. The van der Waals surface area contributed by atoms with Gasteiger partial charge in [0.1, 0.15) is 5.82 Å². The first-order chi connectivity index (χ1) is 11.4. The first-order valence-corrected chi connectivity index (χ1v) is 7.99. The van der Waals surface area contributed by atoms with Gasteiger partial charge in [0.15, 0.2) is 0 Å². The van der Waals surface area contributed by atoms with Crippen molar-refractivity contribution in [3.63, 3.8) is 0 Å². The van der Waals surface area contributed by atoms with Crippen LogP contribution >= 0.6 is 0 Å². The fourth-order valence-electron chi connectivity index (χ4n) is 2.75. The van der Waals surface area contributed by atoms with Gasteiger partial charge in [0.05, 0.1) is 30.4 Å². The highest BCUT2D eigenvalue weighted by Gasteiger charge is 2.24. The van der Waals surface area contributed by atoms with Crippen molar-refractivity contribution in [3.8, 4) is 6.07 Å². The Morgan fingerprint density at radius 2 is 2.12 bits per heavy atom. The van der Waals surface area contributed by atoms with E-state index in [9.17, 15) is 9.18 Å². The van der Waals surface area contributed by atoms with E-state index in [1.807, 2.05) is 24.8 Å². The standard InChI is InChI=1S/C17H23FN4O2/c1-12-10-22(11-13(2)24-12)16-6-5-14(9-15(16)18)20-17(23)21(3)8-4-7-19/h5-6,9,12-13H,4,8,10-11H2,1-3H3,(H,20,23)/t12-,13+. The molecular formula is C17H23FN4O2. The summed E-state index contributed by atoms with van der Waals surface area (Å²) in [7, 11) is 1.59. The van der Waals surface area contributed by atoms with Gasteiger partial charge >= 0.3 is 6.03 Å². The van der Waals surface area contributed by atoms with Crippen molar-refractivity contribution < 1.29 is 13.9 Å². The van der Waals surface area contributed by atoms with Gasteiger partial charge in [-0.3, -0.25) is 0 Å². The van der Waals surface area contributed by atoms with Gasteiger partial charge < -0.3 is 19.9 Å². The molecule has 1 aromatic rings. The zero-order valence-corrected chi connectivity index (χ0v) is 14.3. The van der Waals surface area contributed by atoms with Crippen LogP contribution in [0.3, 0.4) is 0 Å². The second kappa shape index (κ2) is 7.97. The van der Waals surface area contributed by atoms with E-state index < -0.39 is 0 Å². The molecule has 24 heavy (non-hydrogen) atoms. The molecule has 0 unspecified atom stereocenters. The summed E-state index contributed by atoms with van der Waals surface area (Å²) in [5, 5.41) is 11.2. The molecular weight excluding hydrogens is 311 g/mol. The Labute approximate surface area is 141 Å². The summed E-state index contributed by atoms with van der Waals surface area (Å²) in [6.07, 6.45) is 0.340. The fourth-order valence-corrected chi connectivity index (χ4v) is 2.75. The maximum absolute atomic E-state index is 14.5. The molecule has 0 radical (unpaired) electrons.